The van der Waals surface area contributed by atoms with Crippen molar-refractivity contribution in [2.75, 3.05) is 5.32 Å². The van der Waals surface area contributed by atoms with Gasteiger partial charge in [0.1, 0.15) is 22.5 Å². The van der Waals surface area contributed by atoms with Gasteiger partial charge in [0.15, 0.2) is 5.76 Å². The van der Waals surface area contributed by atoms with E-state index in [1.807, 2.05) is 25.1 Å². The molecule has 1 heterocycles. The SMILES string of the molecule is Cc1ccc(-c2oc(NC(=O)OC(C)(C)C)c(P(=O)(OC(C)C)OC(C)C)c(=S)c2C#N)cc1. The first kappa shape index (κ1) is 27.7. The molecule has 1 N–H and O–H groups in total. The summed E-state index contributed by atoms with van der Waals surface area (Å²) in [5, 5.41) is 12.2. The minimum Gasteiger partial charge on any atom is -0.444 e. The summed E-state index contributed by atoms with van der Waals surface area (Å²) in [5.41, 5.74) is 0.727. The Labute approximate surface area is 205 Å². The molecule has 1 aromatic carbocycles. The molecule has 0 fully saturated rings. The zero-order valence-electron chi connectivity index (χ0n) is 20.7. The number of ether oxygens (including phenoxy) is 1. The molecule has 2 rings (SSSR count). The van der Waals surface area contributed by atoms with Crippen LogP contribution in [0.4, 0.5) is 10.7 Å². The van der Waals surface area contributed by atoms with Crippen molar-refractivity contribution in [2.24, 2.45) is 0 Å². The number of carbonyl (C=O) groups excluding carboxylic acids is 1. The number of anilines is 1. The third-order valence-electron chi connectivity index (χ3n) is 4.10. The molecule has 34 heavy (non-hydrogen) atoms. The topological polar surface area (TPSA) is 111 Å². The van der Waals surface area contributed by atoms with Crippen LogP contribution in [0.1, 0.15) is 59.6 Å². The molecular weight excluding hydrogens is 475 g/mol. The molecule has 2 aromatic rings. The number of carbonyl (C=O) groups is 1. The fraction of sp³-hybridized carbons (Fsp3) is 0.458. The monoisotopic (exact) mass is 506 g/mol. The highest BCUT2D eigenvalue weighted by atomic mass is 32.1. The zero-order chi connectivity index (χ0) is 25.8. The third-order valence-corrected chi connectivity index (χ3v) is 7.03. The average molecular weight is 507 g/mol. The minimum absolute atomic E-state index is 0.0245. The molecule has 0 saturated heterocycles. The van der Waals surface area contributed by atoms with Crippen LogP contribution in [0.25, 0.3) is 11.3 Å². The molecule has 0 bridgehead atoms. The maximum Gasteiger partial charge on any atom is 0.414 e. The molecule has 184 valence electrons. The molecule has 0 saturated carbocycles. The van der Waals surface area contributed by atoms with E-state index in [4.69, 9.17) is 30.4 Å². The number of benzene rings is 1. The Morgan fingerprint density at radius 3 is 2.09 bits per heavy atom. The number of rotatable bonds is 7. The van der Waals surface area contributed by atoms with Crippen molar-refractivity contribution in [1.29, 1.82) is 5.26 Å². The Morgan fingerprint density at radius 2 is 1.65 bits per heavy atom. The van der Waals surface area contributed by atoms with E-state index >= 15 is 0 Å². The van der Waals surface area contributed by atoms with E-state index in [1.54, 1.807) is 60.6 Å². The van der Waals surface area contributed by atoms with Gasteiger partial charge in [-0.15, -0.1) is 0 Å². The van der Waals surface area contributed by atoms with Crippen LogP contribution in [0, 0.1) is 22.8 Å². The van der Waals surface area contributed by atoms with Crippen molar-refractivity contribution >= 4 is 37.1 Å². The predicted octanol–water partition coefficient (Wildman–Crippen LogP) is 6.87. The second-order valence-electron chi connectivity index (χ2n) is 9.22. The van der Waals surface area contributed by atoms with Crippen LogP contribution in [0.5, 0.6) is 0 Å². The lowest BCUT2D eigenvalue weighted by Gasteiger charge is -2.25. The van der Waals surface area contributed by atoms with Crippen molar-refractivity contribution in [2.45, 2.75) is 73.2 Å². The summed E-state index contributed by atoms with van der Waals surface area (Å²) in [6.45, 7) is 13.8. The Kier molecular flexibility index (Phi) is 8.84. The number of aryl methyl sites for hydroxylation is 1. The first-order chi connectivity index (χ1) is 15.7. The first-order valence-corrected chi connectivity index (χ1v) is 12.8. The number of nitriles is 1. The molecule has 0 spiro atoms. The summed E-state index contributed by atoms with van der Waals surface area (Å²) < 4.78 is 36.7. The molecule has 1 aromatic heterocycles. The zero-order valence-corrected chi connectivity index (χ0v) is 22.4. The van der Waals surface area contributed by atoms with Crippen molar-refractivity contribution in [3.8, 4) is 17.4 Å². The molecule has 8 nitrogen and oxygen atoms in total. The van der Waals surface area contributed by atoms with Crippen LogP contribution in [0.2, 0.25) is 0 Å². The van der Waals surface area contributed by atoms with Gasteiger partial charge >= 0.3 is 13.7 Å². The van der Waals surface area contributed by atoms with Crippen molar-refractivity contribution in [3.63, 3.8) is 0 Å². The maximum atomic E-state index is 14.0. The van der Waals surface area contributed by atoms with Crippen LogP contribution >= 0.6 is 19.8 Å². The van der Waals surface area contributed by atoms with Gasteiger partial charge in [-0.05, 0) is 55.4 Å². The Balaban J connectivity index is 2.87. The predicted molar refractivity (Wildman–Crippen MR) is 134 cm³/mol. The summed E-state index contributed by atoms with van der Waals surface area (Å²) in [6.07, 6.45) is -1.89. The standard InChI is InChI=1S/C24H31N2O6PS/c1-14(2)31-33(28,32-15(3)4)20-21(34)18(13-25)19(17-11-9-16(5)10-12-17)29-22(20)26-23(27)30-24(6,7)8/h9-12,14-15H,1-8H3,(H,26,27). The summed E-state index contributed by atoms with van der Waals surface area (Å²) in [7, 11) is -4.15. The van der Waals surface area contributed by atoms with E-state index in [-0.39, 0.29) is 27.0 Å². The lowest BCUT2D eigenvalue weighted by molar-refractivity contribution is 0.0632. The van der Waals surface area contributed by atoms with E-state index in [0.717, 1.165) is 5.56 Å². The lowest BCUT2D eigenvalue weighted by Crippen LogP contribution is -2.30. The minimum atomic E-state index is -4.15. The maximum absolute atomic E-state index is 14.0. The van der Waals surface area contributed by atoms with E-state index in [2.05, 4.69) is 5.32 Å². The van der Waals surface area contributed by atoms with Crippen LogP contribution in [-0.4, -0.2) is 23.9 Å². The van der Waals surface area contributed by atoms with Gasteiger partial charge in [-0.25, -0.2) is 4.79 Å². The second-order valence-corrected chi connectivity index (χ2v) is 11.5. The van der Waals surface area contributed by atoms with Crippen LogP contribution in [0.3, 0.4) is 0 Å². The fourth-order valence-corrected chi connectivity index (χ4v) is 5.60. The smallest absolute Gasteiger partial charge is 0.414 e. The lowest BCUT2D eigenvalue weighted by atomic mass is 10.1. The number of amides is 1. The van der Waals surface area contributed by atoms with Crippen molar-refractivity contribution < 1.29 is 27.6 Å². The van der Waals surface area contributed by atoms with E-state index in [1.165, 1.54) is 0 Å². The van der Waals surface area contributed by atoms with Crippen LogP contribution in [-0.2, 0) is 18.3 Å². The van der Waals surface area contributed by atoms with Gasteiger partial charge in [-0.2, -0.15) is 5.26 Å². The van der Waals surface area contributed by atoms with E-state index < -0.39 is 31.5 Å². The largest absolute Gasteiger partial charge is 0.444 e. The third kappa shape index (κ3) is 7.00. The van der Waals surface area contributed by atoms with Crippen molar-refractivity contribution in [3.05, 3.63) is 39.9 Å². The Morgan fingerprint density at radius 1 is 1.12 bits per heavy atom. The molecule has 10 heteroatoms. The molecule has 0 unspecified atom stereocenters. The Bertz CT molecular complexity index is 1180. The Hall–Kier alpha value is -2.50. The number of nitrogens with one attached hydrogen (secondary N) is 1. The number of hydrogen-bond acceptors (Lipinski definition) is 8. The van der Waals surface area contributed by atoms with Gasteiger partial charge in [0, 0.05) is 5.56 Å². The molecular formula is C24H31N2O6PS. The highest BCUT2D eigenvalue weighted by Gasteiger charge is 2.39. The number of nitrogens with zero attached hydrogens (tertiary/aromatic N) is 1. The highest BCUT2D eigenvalue weighted by molar-refractivity contribution is 7.73. The molecule has 0 radical (unpaired) electrons. The summed E-state index contributed by atoms with van der Waals surface area (Å²) in [4.78, 5) is 12.6. The molecule has 0 aliphatic carbocycles. The second kappa shape index (κ2) is 10.8. The molecule has 0 atom stereocenters. The fourth-order valence-electron chi connectivity index (χ4n) is 2.95. The van der Waals surface area contributed by atoms with Gasteiger partial charge in [0.25, 0.3) is 0 Å². The molecule has 0 aliphatic heterocycles. The van der Waals surface area contributed by atoms with Gasteiger partial charge in [0.05, 0.1) is 16.7 Å². The van der Waals surface area contributed by atoms with Gasteiger partial charge in [-0.3, -0.25) is 9.88 Å². The van der Waals surface area contributed by atoms with E-state index in [9.17, 15) is 14.6 Å². The quantitative estimate of drug-likeness (QED) is 0.320. The summed E-state index contributed by atoms with van der Waals surface area (Å²) in [5.74, 6) is -0.151. The normalized spacial score (nSPS) is 12.0. The highest BCUT2D eigenvalue weighted by Crippen LogP contribution is 2.52. The van der Waals surface area contributed by atoms with Crippen molar-refractivity contribution in [1.82, 2.24) is 0 Å². The van der Waals surface area contributed by atoms with Gasteiger partial charge < -0.3 is 18.2 Å². The van der Waals surface area contributed by atoms with Crippen LogP contribution < -0.4 is 10.6 Å². The molecule has 0 aliphatic rings. The summed E-state index contributed by atoms with van der Waals surface area (Å²) in [6, 6.07) is 9.25. The average Bonchev–Trinajstić information content (AvgIpc) is 2.65. The van der Waals surface area contributed by atoms with Gasteiger partial charge in [-0.1, -0.05) is 42.0 Å². The first-order valence-electron chi connectivity index (χ1n) is 10.8. The molecule has 1 amide bonds. The summed E-state index contributed by atoms with van der Waals surface area (Å²) >= 11 is 5.60. The van der Waals surface area contributed by atoms with E-state index in [0.29, 0.717) is 5.56 Å². The van der Waals surface area contributed by atoms with Crippen LogP contribution in [0.15, 0.2) is 28.7 Å². The van der Waals surface area contributed by atoms with Gasteiger partial charge in [0.2, 0.25) is 5.88 Å². The number of hydrogen-bond donors (Lipinski definition) is 1.